The molecule has 0 bridgehead atoms. The highest BCUT2D eigenvalue weighted by Crippen LogP contribution is 2.14. The van der Waals surface area contributed by atoms with Gasteiger partial charge in [0.1, 0.15) is 11.5 Å². The van der Waals surface area contributed by atoms with Gasteiger partial charge in [-0.05, 0) is 6.92 Å². The fraction of sp³-hybridized carbons (Fsp3) is 0.455. The Morgan fingerprint density at radius 2 is 2.28 bits per heavy atom. The van der Waals surface area contributed by atoms with E-state index in [1.807, 2.05) is 19.9 Å². The normalized spacial score (nSPS) is 10.9. The molecule has 18 heavy (non-hydrogen) atoms. The van der Waals surface area contributed by atoms with Crippen molar-refractivity contribution in [1.82, 2.24) is 25.9 Å². The van der Waals surface area contributed by atoms with E-state index >= 15 is 0 Å². The van der Waals surface area contributed by atoms with E-state index in [-0.39, 0.29) is 11.8 Å². The molecule has 0 atom stereocenters. The number of carbonyl (C=O) groups is 1. The number of nitrogens with one attached hydrogen (secondary N) is 2. The second kappa shape index (κ2) is 4.99. The first-order chi connectivity index (χ1) is 8.58. The first kappa shape index (κ1) is 12.3. The number of aromatic nitrogens is 4. The number of aryl methyl sites for hydroxylation is 1. The van der Waals surface area contributed by atoms with Crippen molar-refractivity contribution in [2.45, 2.75) is 33.2 Å². The largest absolute Gasteiger partial charge is 0.361 e. The fourth-order valence-electron chi connectivity index (χ4n) is 1.44. The van der Waals surface area contributed by atoms with Gasteiger partial charge in [-0.15, -0.1) is 0 Å². The average Bonchev–Trinajstić information content (AvgIpc) is 2.94. The van der Waals surface area contributed by atoms with Crippen LogP contribution in [0.25, 0.3) is 0 Å². The lowest BCUT2D eigenvalue weighted by Crippen LogP contribution is -2.24. The van der Waals surface area contributed by atoms with Gasteiger partial charge >= 0.3 is 0 Å². The zero-order valence-corrected chi connectivity index (χ0v) is 10.5. The Balaban J connectivity index is 1.95. The molecule has 2 N–H and O–H groups in total. The van der Waals surface area contributed by atoms with Crippen molar-refractivity contribution in [3.63, 3.8) is 0 Å². The Morgan fingerprint density at radius 3 is 2.83 bits per heavy atom. The molecule has 0 aromatic carbocycles. The lowest BCUT2D eigenvalue weighted by Gasteiger charge is -1.99. The van der Waals surface area contributed by atoms with Gasteiger partial charge < -0.3 is 9.84 Å². The second-order valence-electron chi connectivity index (χ2n) is 4.32. The number of amides is 1. The van der Waals surface area contributed by atoms with Crippen molar-refractivity contribution in [1.29, 1.82) is 0 Å². The first-order valence-corrected chi connectivity index (χ1v) is 5.69. The standard InChI is InChI=1S/C11H15N5O2/c1-6(2)9-4-8(15-18-9)5-12-11(17)10-7(3)13-16-14-10/h4,6H,5H2,1-3H3,(H,12,17)(H,13,14,16). The highest BCUT2D eigenvalue weighted by molar-refractivity contribution is 5.92. The van der Waals surface area contributed by atoms with Crippen molar-refractivity contribution in [2.75, 3.05) is 0 Å². The smallest absolute Gasteiger partial charge is 0.274 e. The second-order valence-corrected chi connectivity index (χ2v) is 4.32. The Morgan fingerprint density at radius 1 is 1.50 bits per heavy atom. The van der Waals surface area contributed by atoms with Crippen LogP contribution in [0, 0.1) is 6.92 Å². The molecular weight excluding hydrogens is 234 g/mol. The summed E-state index contributed by atoms with van der Waals surface area (Å²) >= 11 is 0. The molecule has 2 heterocycles. The molecule has 2 aromatic heterocycles. The van der Waals surface area contributed by atoms with Crippen molar-refractivity contribution in [2.24, 2.45) is 0 Å². The number of H-pyrrole nitrogens is 1. The van der Waals surface area contributed by atoms with Crippen LogP contribution in [0.1, 0.15) is 47.4 Å². The van der Waals surface area contributed by atoms with Gasteiger partial charge in [-0.2, -0.15) is 15.4 Å². The minimum atomic E-state index is -0.282. The summed E-state index contributed by atoms with van der Waals surface area (Å²) in [6.07, 6.45) is 0. The molecule has 0 unspecified atom stereocenters. The molecule has 0 saturated heterocycles. The van der Waals surface area contributed by atoms with Gasteiger partial charge in [0.25, 0.3) is 5.91 Å². The number of carbonyl (C=O) groups excluding carboxylic acids is 1. The number of hydrogen-bond donors (Lipinski definition) is 2. The van der Waals surface area contributed by atoms with Crippen LogP contribution in [-0.2, 0) is 6.54 Å². The number of aromatic amines is 1. The molecule has 2 aromatic rings. The van der Waals surface area contributed by atoms with Crippen LogP contribution in [0.2, 0.25) is 0 Å². The quantitative estimate of drug-likeness (QED) is 0.847. The number of nitrogens with zero attached hydrogens (tertiary/aromatic N) is 3. The molecular formula is C11H15N5O2. The van der Waals surface area contributed by atoms with Gasteiger partial charge in [-0.25, -0.2) is 0 Å². The van der Waals surface area contributed by atoms with Gasteiger partial charge in [0, 0.05) is 12.0 Å². The molecule has 96 valence electrons. The van der Waals surface area contributed by atoms with Gasteiger partial charge in [-0.1, -0.05) is 19.0 Å². The van der Waals surface area contributed by atoms with Crippen LogP contribution in [0.15, 0.2) is 10.6 Å². The maximum Gasteiger partial charge on any atom is 0.274 e. The van der Waals surface area contributed by atoms with Crippen LogP contribution in [0.3, 0.4) is 0 Å². The van der Waals surface area contributed by atoms with Gasteiger partial charge in [-0.3, -0.25) is 4.79 Å². The Hall–Kier alpha value is -2.18. The number of hydrogen-bond acceptors (Lipinski definition) is 5. The highest BCUT2D eigenvalue weighted by atomic mass is 16.5. The lowest BCUT2D eigenvalue weighted by atomic mass is 10.1. The Bertz CT molecular complexity index is 543. The zero-order chi connectivity index (χ0) is 13.1. The molecule has 0 aliphatic rings. The van der Waals surface area contributed by atoms with Crippen LogP contribution in [0.5, 0.6) is 0 Å². The summed E-state index contributed by atoms with van der Waals surface area (Å²) in [5.74, 6) is 0.798. The maximum atomic E-state index is 11.7. The summed E-state index contributed by atoms with van der Waals surface area (Å²) < 4.78 is 5.14. The average molecular weight is 249 g/mol. The summed E-state index contributed by atoms with van der Waals surface area (Å²) in [7, 11) is 0. The van der Waals surface area contributed by atoms with E-state index in [2.05, 4.69) is 25.9 Å². The summed E-state index contributed by atoms with van der Waals surface area (Å²) in [4.78, 5) is 11.7. The van der Waals surface area contributed by atoms with Gasteiger partial charge in [0.2, 0.25) is 0 Å². The summed E-state index contributed by atoms with van der Waals surface area (Å²) in [5, 5.41) is 16.5. The van der Waals surface area contributed by atoms with E-state index in [4.69, 9.17) is 4.52 Å². The summed E-state index contributed by atoms with van der Waals surface area (Å²) in [6, 6.07) is 1.83. The number of rotatable bonds is 4. The van der Waals surface area contributed by atoms with E-state index in [0.717, 1.165) is 5.76 Å². The van der Waals surface area contributed by atoms with Crippen LogP contribution in [-0.4, -0.2) is 26.5 Å². The third-order valence-corrected chi connectivity index (χ3v) is 2.51. The van der Waals surface area contributed by atoms with Gasteiger partial charge in [0.05, 0.1) is 12.2 Å². The monoisotopic (exact) mass is 249 g/mol. The minimum absolute atomic E-state index is 0.278. The van der Waals surface area contributed by atoms with Crippen LogP contribution >= 0.6 is 0 Å². The molecule has 0 aliphatic heterocycles. The van der Waals surface area contributed by atoms with Crippen molar-refractivity contribution >= 4 is 5.91 Å². The van der Waals surface area contributed by atoms with E-state index in [9.17, 15) is 4.79 Å². The minimum Gasteiger partial charge on any atom is -0.361 e. The third kappa shape index (κ3) is 2.55. The molecule has 0 aliphatic carbocycles. The molecule has 2 rings (SSSR count). The SMILES string of the molecule is Cc1n[nH]nc1C(=O)NCc1cc(C(C)C)on1. The topological polar surface area (TPSA) is 96.7 Å². The first-order valence-electron chi connectivity index (χ1n) is 5.69. The molecule has 0 spiro atoms. The molecule has 0 saturated carbocycles. The predicted molar refractivity (Wildman–Crippen MR) is 62.9 cm³/mol. The van der Waals surface area contributed by atoms with E-state index < -0.39 is 0 Å². The van der Waals surface area contributed by atoms with Crippen molar-refractivity contribution in [3.8, 4) is 0 Å². The van der Waals surface area contributed by atoms with Crippen LogP contribution < -0.4 is 5.32 Å². The fourth-order valence-corrected chi connectivity index (χ4v) is 1.44. The van der Waals surface area contributed by atoms with E-state index in [1.54, 1.807) is 6.92 Å². The molecule has 0 fully saturated rings. The lowest BCUT2D eigenvalue weighted by molar-refractivity contribution is 0.0944. The Labute approximate surface area is 104 Å². The Kier molecular flexibility index (Phi) is 3.40. The van der Waals surface area contributed by atoms with Crippen molar-refractivity contribution in [3.05, 3.63) is 28.9 Å². The molecule has 0 radical (unpaired) electrons. The molecule has 7 heteroatoms. The summed E-state index contributed by atoms with van der Waals surface area (Å²) in [6.45, 7) is 6.05. The highest BCUT2D eigenvalue weighted by Gasteiger charge is 2.14. The van der Waals surface area contributed by atoms with E-state index in [1.165, 1.54) is 0 Å². The third-order valence-electron chi connectivity index (χ3n) is 2.51. The molecule has 7 nitrogen and oxygen atoms in total. The van der Waals surface area contributed by atoms with E-state index in [0.29, 0.717) is 23.6 Å². The zero-order valence-electron chi connectivity index (χ0n) is 10.5. The summed E-state index contributed by atoms with van der Waals surface area (Å²) in [5.41, 5.74) is 1.55. The van der Waals surface area contributed by atoms with Gasteiger partial charge in [0.15, 0.2) is 5.69 Å². The van der Waals surface area contributed by atoms with Crippen molar-refractivity contribution < 1.29 is 9.32 Å². The molecule has 1 amide bonds. The maximum absolute atomic E-state index is 11.7. The van der Waals surface area contributed by atoms with Crippen LogP contribution in [0.4, 0.5) is 0 Å². The predicted octanol–water partition coefficient (Wildman–Crippen LogP) is 1.15.